The summed E-state index contributed by atoms with van der Waals surface area (Å²) in [5.74, 6) is 0. The van der Waals surface area contributed by atoms with Crippen LogP contribution in [0.15, 0.2) is 11.6 Å². The number of unbranched alkanes of at least 4 members (excludes halogenated alkanes) is 1. The number of nitrogens with one attached hydrogen (secondary N) is 1. The number of hydrogen-bond donors (Lipinski definition) is 1. The third-order valence-electron chi connectivity index (χ3n) is 2.23. The topological polar surface area (TPSA) is 12.0 Å². The monoisotopic (exact) mass is 153 g/mol. The lowest BCUT2D eigenvalue weighted by atomic mass is 10.1. The summed E-state index contributed by atoms with van der Waals surface area (Å²) in [6, 6.07) is 0. The van der Waals surface area contributed by atoms with E-state index in [4.69, 9.17) is 0 Å². The first-order valence-electron chi connectivity index (χ1n) is 4.82. The molecule has 0 fully saturated rings. The molecule has 0 saturated carbocycles. The zero-order chi connectivity index (χ0) is 7.94. The van der Waals surface area contributed by atoms with E-state index in [0.29, 0.717) is 0 Å². The molecule has 1 nitrogen and oxygen atoms in total. The minimum atomic E-state index is 1.18. The van der Waals surface area contributed by atoms with Crippen molar-refractivity contribution in [1.29, 1.82) is 0 Å². The Morgan fingerprint density at radius 3 is 3.18 bits per heavy atom. The summed E-state index contributed by atoms with van der Waals surface area (Å²) >= 11 is 0. The van der Waals surface area contributed by atoms with Crippen LogP contribution in [-0.2, 0) is 0 Å². The molecule has 1 rings (SSSR count). The molecule has 0 amide bonds. The molecule has 0 aromatic heterocycles. The lowest BCUT2D eigenvalue weighted by molar-refractivity contribution is 0.692. The molecule has 0 aromatic rings. The summed E-state index contributed by atoms with van der Waals surface area (Å²) in [6.45, 7) is 4.63. The summed E-state index contributed by atoms with van der Waals surface area (Å²) in [6.07, 6.45) is 8.96. The van der Waals surface area contributed by atoms with Crippen LogP contribution in [-0.4, -0.2) is 13.1 Å². The Labute approximate surface area is 69.9 Å². The van der Waals surface area contributed by atoms with E-state index in [-0.39, 0.29) is 0 Å². The second-order valence-corrected chi connectivity index (χ2v) is 3.25. The molecule has 0 atom stereocenters. The molecule has 0 aliphatic carbocycles. The Kier molecular flexibility index (Phi) is 4.29. The molecule has 0 saturated heterocycles. The second kappa shape index (κ2) is 5.36. The molecule has 0 radical (unpaired) electrons. The molecule has 1 aliphatic rings. The average Bonchev–Trinajstić information content (AvgIpc) is 2.28. The molecular formula is C10H19N. The predicted molar refractivity (Wildman–Crippen MR) is 49.7 cm³/mol. The summed E-state index contributed by atoms with van der Waals surface area (Å²) in [5.41, 5.74) is 1.68. The van der Waals surface area contributed by atoms with Crippen LogP contribution in [0.25, 0.3) is 0 Å². The molecule has 64 valence electrons. The van der Waals surface area contributed by atoms with E-state index >= 15 is 0 Å². The first kappa shape index (κ1) is 8.79. The van der Waals surface area contributed by atoms with Gasteiger partial charge in [-0.1, -0.05) is 25.0 Å². The van der Waals surface area contributed by atoms with E-state index in [0.717, 1.165) is 0 Å². The van der Waals surface area contributed by atoms with Crippen molar-refractivity contribution >= 4 is 0 Å². The van der Waals surface area contributed by atoms with E-state index in [9.17, 15) is 0 Å². The van der Waals surface area contributed by atoms with Gasteiger partial charge in [0.2, 0.25) is 0 Å². The normalized spacial score (nSPS) is 19.2. The second-order valence-electron chi connectivity index (χ2n) is 3.25. The molecule has 1 heteroatoms. The number of hydrogen-bond acceptors (Lipinski definition) is 1. The largest absolute Gasteiger partial charge is 0.316 e. The first-order chi connectivity index (χ1) is 5.43. The standard InChI is InChI=1S/C10H19N/c1-2-3-5-10-6-4-8-11-9-7-10/h6,11H,2-5,7-9H2,1H3. The van der Waals surface area contributed by atoms with Crippen molar-refractivity contribution in [2.45, 2.75) is 39.0 Å². The van der Waals surface area contributed by atoms with Gasteiger partial charge in [0.25, 0.3) is 0 Å². The van der Waals surface area contributed by atoms with E-state index < -0.39 is 0 Å². The quantitative estimate of drug-likeness (QED) is 0.614. The highest BCUT2D eigenvalue weighted by Crippen LogP contribution is 2.13. The Morgan fingerprint density at radius 1 is 1.45 bits per heavy atom. The van der Waals surface area contributed by atoms with E-state index in [1.54, 1.807) is 5.57 Å². The summed E-state index contributed by atoms with van der Waals surface area (Å²) in [4.78, 5) is 0. The van der Waals surface area contributed by atoms with Crippen LogP contribution in [0.2, 0.25) is 0 Å². The molecule has 0 bridgehead atoms. The van der Waals surface area contributed by atoms with Crippen LogP contribution >= 0.6 is 0 Å². The predicted octanol–water partition coefficient (Wildman–Crippen LogP) is 2.49. The molecule has 1 N–H and O–H groups in total. The van der Waals surface area contributed by atoms with Gasteiger partial charge >= 0.3 is 0 Å². The van der Waals surface area contributed by atoms with Crippen molar-refractivity contribution in [3.8, 4) is 0 Å². The summed E-state index contributed by atoms with van der Waals surface area (Å²) < 4.78 is 0. The van der Waals surface area contributed by atoms with Crippen LogP contribution in [0.4, 0.5) is 0 Å². The smallest absolute Gasteiger partial charge is 0.00115 e. The zero-order valence-corrected chi connectivity index (χ0v) is 7.53. The summed E-state index contributed by atoms with van der Waals surface area (Å²) in [5, 5.41) is 3.40. The van der Waals surface area contributed by atoms with Crippen LogP contribution in [0, 0.1) is 0 Å². The third-order valence-corrected chi connectivity index (χ3v) is 2.23. The molecule has 1 aliphatic heterocycles. The Morgan fingerprint density at radius 2 is 2.36 bits per heavy atom. The first-order valence-corrected chi connectivity index (χ1v) is 4.82. The van der Waals surface area contributed by atoms with Gasteiger partial charge in [-0.05, 0) is 38.8 Å². The van der Waals surface area contributed by atoms with Gasteiger partial charge in [0.1, 0.15) is 0 Å². The van der Waals surface area contributed by atoms with Crippen molar-refractivity contribution in [2.75, 3.05) is 13.1 Å². The molecule has 11 heavy (non-hydrogen) atoms. The fourth-order valence-electron chi connectivity index (χ4n) is 1.49. The Balaban J connectivity index is 2.23. The van der Waals surface area contributed by atoms with Crippen LogP contribution in [0.5, 0.6) is 0 Å². The van der Waals surface area contributed by atoms with Gasteiger partial charge in [0, 0.05) is 0 Å². The van der Waals surface area contributed by atoms with Gasteiger partial charge in [-0.25, -0.2) is 0 Å². The molecule has 1 heterocycles. The zero-order valence-electron chi connectivity index (χ0n) is 7.53. The van der Waals surface area contributed by atoms with Gasteiger partial charge in [-0.3, -0.25) is 0 Å². The molecular weight excluding hydrogens is 134 g/mol. The average molecular weight is 153 g/mol. The van der Waals surface area contributed by atoms with Gasteiger partial charge in [0.05, 0.1) is 0 Å². The van der Waals surface area contributed by atoms with E-state index in [1.165, 1.54) is 45.2 Å². The maximum Gasteiger partial charge on any atom is -0.00115 e. The highest BCUT2D eigenvalue weighted by molar-refractivity contribution is 5.04. The molecule has 0 aromatic carbocycles. The van der Waals surface area contributed by atoms with E-state index in [1.807, 2.05) is 0 Å². The van der Waals surface area contributed by atoms with Gasteiger partial charge in [-0.15, -0.1) is 0 Å². The van der Waals surface area contributed by atoms with Crippen molar-refractivity contribution < 1.29 is 0 Å². The van der Waals surface area contributed by atoms with E-state index in [2.05, 4.69) is 18.3 Å². The molecule has 0 spiro atoms. The highest BCUT2D eigenvalue weighted by Gasteiger charge is 2.00. The summed E-state index contributed by atoms with van der Waals surface area (Å²) in [7, 11) is 0. The minimum absolute atomic E-state index is 1.18. The fourth-order valence-corrected chi connectivity index (χ4v) is 1.49. The highest BCUT2D eigenvalue weighted by atomic mass is 14.8. The van der Waals surface area contributed by atoms with Gasteiger partial charge < -0.3 is 5.32 Å². The lowest BCUT2D eigenvalue weighted by Crippen LogP contribution is -2.13. The SMILES string of the molecule is CCCCC1=CCCNCC1. The van der Waals surface area contributed by atoms with Crippen molar-refractivity contribution in [3.05, 3.63) is 11.6 Å². The minimum Gasteiger partial charge on any atom is -0.316 e. The Hall–Kier alpha value is -0.300. The third kappa shape index (κ3) is 3.57. The van der Waals surface area contributed by atoms with Crippen molar-refractivity contribution in [2.24, 2.45) is 0 Å². The van der Waals surface area contributed by atoms with Gasteiger partial charge in [-0.2, -0.15) is 0 Å². The Bertz CT molecular complexity index is 127. The lowest BCUT2D eigenvalue weighted by Gasteiger charge is -2.02. The number of rotatable bonds is 3. The molecule has 0 unspecified atom stereocenters. The van der Waals surface area contributed by atoms with Crippen LogP contribution < -0.4 is 5.32 Å². The van der Waals surface area contributed by atoms with Crippen LogP contribution in [0.1, 0.15) is 39.0 Å². The van der Waals surface area contributed by atoms with Crippen LogP contribution in [0.3, 0.4) is 0 Å². The maximum atomic E-state index is 3.40. The van der Waals surface area contributed by atoms with Crippen molar-refractivity contribution in [3.63, 3.8) is 0 Å². The van der Waals surface area contributed by atoms with Crippen molar-refractivity contribution in [1.82, 2.24) is 5.32 Å². The maximum absolute atomic E-state index is 3.40. The van der Waals surface area contributed by atoms with Gasteiger partial charge in [0.15, 0.2) is 0 Å². The fraction of sp³-hybridized carbons (Fsp3) is 0.800.